The predicted molar refractivity (Wildman–Crippen MR) is 90.7 cm³/mol. The number of fused-ring (bicyclic) bond motifs is 2. The highest BCUT2D eigenvalue weighted by molar-refractivity contribution is 7.16. The third kappa shape index (κ3) is 2.26. The van der Waals surface area contributed by atoms with Crippen LogP contribution in [0.25, 0.3) is 16.0 Å². The molecule has 8 nitrogen and oxygen atoms in total. The number of aryl methyl sites for hydroxylation is 2. The Hall–Kier alpha value is -3.07. The zero-order valence-electron chi connectivity index (χ0n) is 12.8. The summed E-state index contributed by atoms with van der Waals surface area (Å²) in [5.74, 6) is 0.455. The van der Waals surface area contributed by atoms with Crippen LogP contribution in [0.3, 0.4) is 0 Å². The van der Waals surface area contributed by atoms with Gasteiger partial charge in [0.05, 0.1) is 21.4 Å². The SMILES string of the molecule is Cc1nc2nc(C)c(NC(=O)c3ccc4scnc4c3)c(=O)n2[nH]1. The van der Waals surface area contributed by atoms with Crippen LogP contribution in [0.4, 0.5) is 5.69 Å². The normalized spacial score (nSPS) is 11.2. The smallest absolute Gasteiger partial charge is 0.298 e. The summed E-state index contributed by atoms with van der Waals surface area (Å²) in [5, 5.41) is 5.44. The molecule has 3 aromatic heterocycles. The Balaban J connectivity index is 1.75. The van der Waals surface area contributed by atoms with Gasteiger partial charge in [-0.3, -0.25) is 14.7 Å². The number of nitrogens with one attached hydrogen (secondary N) is 2. The summed E-state index contributed by atoms with van der Waals surface area (Å²) < 4.78 is 2.21. The largest absolute Gasteiger partial charge is 0.316 e. The maximum Gasteiger partial charge on any atom is 0.298 e. The molecule has 0 radical (unpaired) electrons. The minimum atomic E-state index is -0.402. The number of thiazole rings is 1. The summed E-state index contributed by atoms with van der Waals surface area (Å²) >= 11 is 1.50. The van der Waals surface area contributed by atoms with Crippen molar-refractivity contribution in [2.24, 2.45) is 0 Å². The van der Waals surface area contributed by atoms with Gasteiger partial charge in [0.25, 0.3) is 17.2 Å². The lowest BCUT2D eigenvalue weighted by atomic mass is 10.2. The summed E-state index contributed by atoms with van der Waals surface area (Å²) in [6.07, 6.45) is 0. The van der Waals surface area contributed by atoms with Gasteiger partial charge >= 0.3 is 0 Å². The molecular weight excluding hydrogens is 328 g/mol. The first-order valence-corrected chi connectivity index (χ1v) is 8.01. The Labute approximate surface area is 139 Å². The number of amides is 1. The second kappa shape index (κ2) is 5.24. The number of benzene rings is 1. The number of nitrogens with zero attached hydrogens (tertiary/aromatic N) is 4. The topological polar surface area (TPSA) is 105 Å². The van der Waals surface area contributed by atoms with Crippen molar-refractivity contribution >= 4 is 38.9 Å². The summed E-state index contributed by atoms with van der Waals surface area (Å²) in [6, 6.07) is 5.23. The van der Waals surface area contributed by atoms with Gasteiger partial charge in [-0.05, 0) is 32.0 Å². The number of H-pyrrole nitrogens is 1. The second-order valence-corrected chi connectivity index (χ2v) is 6.20. The summed E-state index contributed by atoms with van der Waals surface area (Å²) in [7, 11) is 0. The van der Waals surface area contributed by atoms with Gasteiger partial charge in [0.2, 0.25) is 0 Å². The fourth-order valence-electron chi connectivity index (χ4n) is 2.45. The predicted octanol–water partition coefficient (Wildman–Crippen LogP) is 1.90. The number of aromatic amines is 1. The number of hydrogen-bond donors (Lipinski definition) is 2. The molecule has 0 saturated carbocycles. The molecule has 0 spiro atoms. The molecule has 1 amide bonds. The minimum Gasteiger partial charge on any atom is -0.316 e. The highest BCUT2D eigenvalue weighted by Gasteiger charge is 2.16. The van der Waals surface area contributed by atoms with Crippen molar-refractivity contribution in [3.63, 3.8) is 0 Å². The van der Waals surface area contributed by atoms with Crippen LogP contribution < -0.4 is 10.9 Å². The average Bonchev–Trinajstić information content (AvgIpc) is 3.16. The van der Waals surface area contributed by atoms with Crippen LogP contribution in [-0.4, -0.2) is 30.5 Å². The molecule has 2 N–H and O–H groups in total. The number of rotatable bonds is 2. The maximum absolute atomic E-state index is 12.5. The Morgan fingerprint density at radius 1 is 1.29 bits per heavy atom. The molecule has 0 fully saturated rings. The minimum absolute atomic E-state index is 0.125. The third-order valence-corrected chi connectivity index (χ3v) is 4.43. The lowest BCUT2D eigenvalue weighted by Crippen LogP contribution is -2.25. The molecule has 0 aliphatic rings. The monoisotopic (exact) mass is 340 g/mol. The van der Waals surface area contributed by atoms with Crippen molar-refractivity contribution in [3.05, 3.63) is 51.1 Å². The lowest BCUT2D eigenvalue weighted by molar-refractivity contribution is 0.102. The van der Waals surface area contributed by atoms with Crippen molar-refractivity contribution in [2.45, 2.75) is 13.8 Å². The van der Waals surface area contributed by atoms with E-state index in [0.717, 1.165) is 10.2 Å². The van der Waals surface area contributed by atoms with Crippen molar-refractivity contribution in [2.75, 3.05) is 5.32 Å². The highest BCUT2D eigenvalue weighted by atomic mass is 32.1. The number of carbonyl (C=O) groups is 1. The van der Waals surface area contributed by atoms with Gasteiger partial charge in [-0.2, -0.15) is 9.50 Å². The van der Waals surface area contributed by atoms with Gasteiger partial charge < -0.3 is 5.32 Å². The molecule has 24 heavy (non-hydrogen) atoms. The highest BCUT2D eigenvalue weighted by Crippen LogP contribution is 2.19. The van der Waals surface area contributed by atoms with Crippen LogP contribution in [0.2, 0.25) is 0 Å². The van der Waals surface area contributed by atoms with E-state index < -0.39 is 5.56 Å². The number of anilines is 1. The Kier molecular flexibility index (Phi) is 3.17. The van der Waals surface area contributed by atoms with E-state index in [4.69, 9.17) is 0 Å². The van der Waals surface area contributed by atoms with Crippen LogP contribution in [0.5, 0.6) is 0 Å². The molecule has 1 aromatic carbocycles. The zero-order chi connectivity index (χ0) is 16.8. The molecule has 9 heteroatoms. The van der Waals surface area contributed by atoms with Crippen molar-refractivity contribution in [1.82, 2.24) is 24.6 Å². The van der Waals surface area contributed by atoms with Crippen molar-refractivity contribution in [3.8, 4) is 0 Å². The molecular formula is C15H12N6O2S. The van der Waals surface area contributed by atoms with Gasteiger partial charge in [0.1, 0.15) is 11.5 Å². The van der Waals surface area contributed by atoms with E-state index in [1.165, 1.54) is 15.9 Å². The molecule has 0 saturated heterocycles. The summed E-state index contributed by atoms with van der Waals surface area (Å²) in [4.78, 5) is 37.6. The quantitative estimate of drug-likeness (QED) is 0.580. The first-order chi connectivity index (χ1) is 11.5. The van der Waals surface area contributed by atoms with Gasteiger partial charge in [0.15, 0.2) is 0 Å². The fourth-order valence-corrected chi connectivity index (χ4v) is 3.11. The summed E-state index contributed by atoms with van der Waals surface area (Å²) in [5.41, 5.74) is 3.04. The maximum atomic E-state index is 12.5. The number of carbonyl (C=O) groups excluding carboxylic acids is 1. The molecule has 3 heterocycles. The molecule has 0 bridgehead atoms. The van der Waals surface area contributed by atoms with Gasteiger partial charge in [-0.1, -0.05) is 0 Å². The van der Waals surface area contributed by atoms with E-state index in [2.05, 4.69) is 25.4 Å². The average molecular weight is 340 g/mol. The lowest BCUT2D eigenvalue weighted by Gasteiger charge is -2.07. The molecule has 0 aliphatic carbocycles. The standard InChI is InChI=1S/C15H12N6O2S/c1-7-12(14(23)21-15(17-7)18-8(2)20-21)19-13(22)9-3-4-11-10(5-9)16-6-24-11/h3-6H,1-2H3,(H,19,22)(H,17,18,20). The molecule has 0 aliphatic heterocycles. The van der Waals surface area contributed by atoms with Crippen molar-refractivity contribution in [1.29, 1.82) is 0 Å². The molecule has 120 valence electrons. The first kappa shape index (κ1) is 14.5. The van der Waals surface area contributed by atoms with Gasteiger partial charge in [-0.25, -0.2) is 9.97 Å². The van der Waals surface area contributed by atoms with Gasteiger partial charge in [0, 0.05) is 5.56 Å². The Morgan fingerprint density at radius 3 is 2.96 bits per heavy atom. The second-order valence-electron chi connectivity index (χ2n) is 5.31. The summed E-state index contributed by atoms with van der Waals surface area (Å²) in [6.45, 7) is 3.38. The Morgan fingerprint density at radius 2 is 2.12 bits per heavy atom. The Bertz CT molecular complexity index is 1160. The van der Waals surface area contributed by atoms with Crippen LogP contribution >= 0.6 is 11.3 Å². The zero-order valence-corrected chi connectivity index (χ0v) is 13.6. The number of aromatic nitrogens is 5. The van der Waals surface area contributed by atoms with Gasteiger partial charge in [-0.15, -0.1) is 11.3 Å². The van der Waals surface area contributed by atoms with Crippen LogP contribution in [-0.2, 0) is 0 Å². The van der Waals surface area contributed by atoms with E-state index in [1.807, 2.05) is 6.07 Å². The molecule has 0 unspecified atom stereocenters. The van der Waals surface area contributed by atoms with Crippen LogP contribution in [0.15, 0.2) is 28.5 Å². The first-order valence-electron chi connectivity index (χ1n) is 7.13. The third-order valence-electron chi connectivity index (χ3n) is 3.62. The molecule has 0 atom stereocenters. The molecule has 4 rings (SSSR count). The van der Waals surface area contributed by atoms with E-state index in [0.29, 0.717) is 17.1 Å². The van der Waals surface area contributed by atoms with E-state index >= 15 is 0 Å². The van der Waals surface area contributed by atoms with Crippen molar-refractivity contribution < 1.29 is 4.79 Å². The van der Waals surface area contributed by atoms with E-state index in [9.17, 15) is 9.59 Å². The van der Waals surface area contributed by atoms with Crippen LogP contribution in [0, 0.1) is 13.8 Å². The van der Waals surface area contributed by atoms with E-state index in [-0.39, 0.29) is 17.4 Å². The fraction of sp³-hybridized carbons (Fsp3) is 0.133. The van der Waals surface area contributed by atoms with E-state index in [1.54, 1.807) is 31.5 Å². The number of hydrogen-bond acceptors (Lipinski definition) is 6. The molecule has 4 aromatic rings. The van der Waals surface area contributed by atoms with Crippen LogP contribution in [0.1, 0.15) is 21.9 Å².